The molecule has 1 aliphatic heterocycles. The summed E-state index contributed by atoms with van der Waals surface area (Å²) in [5, 5.41) is 11.9. The first-order valence-electron chi connectivity index (χ1n) is 10.0. The maximum atomic E-state index is 14.0. The summed E-state index contributed by atoms with van der Waals surface area (Å²) in [5.41, 5.74) is 1.27. The average Bonchev–Trinajstić information content (AvgIpc) is 3.02. The van der Waals surface area contributed by atoms with Crippen molar-refractivity contribution in [3.63, 3.8) is 0 Å². The molecule has 32 heavy (non-hydrogen) atoms. The lowest BCUT2D eigenvalue weighted by molar-refractivity contribution is 0.0735. The number of hydrogen-bond donors (Lipinski definition) is 2. The summed E-state index contributed by atoms with van der Waals surface area (Å²) in [6.07, 6.45) is 6.50. The number of carbonyl (C=O) groups excluding carboxylic acids is 1. The van der Waals surface area contributed by atoms with Gasteiger partial charge >= 0.3 is 0 Å². The van der Waals surface area contributed by atoms with Gasteiger partial charge in [-0.05, 0) is 18.7 Å². The summed E-state index contributed by atoms with van der Waals surface area (Å²) in [7, 11) is 0. The molecule has 0 radical (unpaired) electrons. The number of amides is 1. The number of nitrogens with one attached hydrogen (secondary N) is 2. The minimum absolute atomic E-state index is 0.0271. The highest BCUT2D eigenvalue weighted by molar-refractivity contribution is 7.98. The van der Waals surface area contributed by atoms with Crippen LogP contribution < -0.4 is 5.32 Å². The van der Waals surface area contributed by atoms with Gasteiger partial charge in [0.05, 0.1) is 30.1 Å². The minimum atomic E-state index is -0.815. The summed E-state index contributed by atoms with van der Waals surface area (Å²) < 4.78 is 34.4. The number of aromatic nitrogens is 3. The van der Waals surface area contributed by atoms with E-state index in [4.69, 9.17) is 10.1 Å². The lowest BCUT2D eigenvalue weighted by Crippen LogP contribution is -2.33. The number of halogens is 2. The Labute approximate surface area is 187 Å². The van der Waals surface area contributed by atoms with Crippen molar-refractivity contribution in [1.29, 1.82) is 5.41 Å². The van der Waals surface area contributed by atoms with E-state index in [1.54, 1.807) is 11.0 Å². The lowest BCUT2D eigenvalue weighted by atomic mass is 10.1. The Morgan fingerprint density at radius 3 is 2.91 bits per heavy atom. The molecule has 168 valence electrons. The lowest BCUT2D eigenvalue weighted by Gasteiger charge is -2.20. The number of pyridine rings is 2. The molecule has 0 atom stereocenters. The summed E-state index contributed by atoms with van der Waals surface area (Å²) in [4.78, 5) is 22.9. The molecule has 3 aromatic rings. The van der Waals surface area contributed by atoms with E-state index in [1.807, 2.05) is 6.26 Å². The maximum Gasteiger partial charge on any atom is 0.272 e. The van der Waals surface area contributed by atoms with Gasteiger partial charge in [0.2, 0.25) is 0 Å². The van der Waals surface area contributed by atoms with Crippen LogP contribution in [-0.2, 0) is 4.74 Å². The molecule has 4 heterocycles. The average molecular weight is 461 g/mol. The van der Waals surface area contributed by atoms with Gasteiger partial charge < -0.3 is 15.0 Å². The Bertz CT molecular complexity index is 1160. The third kappa shape index (κ3) is 4.44. The fraction of sp³-hybridized carbons (Fsp3) is 0.333. The molecule has 1 aliphatic rings. The molecule has 3 aromatic heterocycles. The van der Waals surface area contributed by atoms with Crippen LogP contribution in [0.1, 0.15) is 28.2 Å². The zero-order valence-corrected chi connectivity index (χ0v) is 18.2. The van der Waals surface area contributed by atoms with E-state index in [1.165, 1.54) is 28.6 Å². The molecule has 0 aliphatic carbocycles. The van der Waals surface area contributed by atoms with Crippen LogP contribution in [0.5, 0.6) is 0 Å². The van der Waals surface area contributed by atoms with Gasteiger partial charge in [-0.3, -0.25) is 19.6 Å². The molecule has 0 unspecified atom stereocenters. The van der Waals surface area contributed by atoms with Crippen molar-refractivity contribution in [1.82, 2.24) is 19.3 Å². The van der Waals surface area contributed by atoms with E-state index in [2.05, 4.69) is 15.3 Å². The second kappa shape index (κ2) is 9.61. The molecule has 0 saturated carbocycles. The smallest absolute Gasteiger partial charge is 0.272 e. The van der Waals surface area contributed by atoms with Crippen LogP contribution in [0.15, 0.2) is 30.7 Å². The number of hydrogen-bond acceptors (Lipinski definition) is 7. The molecular formula is C21H22F2N6O2S. The van der Waals surface area contributed by atoms with Crippen LogP contribution in [0, 0.1) is 17.0 Å². The molecule has 1 saturated heterocycles. The molecule has 2 N–H and O–H groups in total. The van der Waals surface area contributed by atoms with E-state index >= 15 is 0 Å². The van der Waals surface area contributed by atoms with Crippen molar-refractivity contribution in [2.24, 2.45) is 0 Å². The number of nitrogens with zero attached hydrogens (tertiary/aromatic N) is 4. The number of fused-ring (bicyclic) bond motifs is 1. The molecule has 4 rings (SSSR count). The molecule has 11 heteroatoms. The van der Waals surface area contributed by atoms with E-state index < -0.39 is 11.6 Å². The zero-order valence-electron chi connectivity index (χ0n) is 17.4. The van der Waals surface area contributed by atoms with Crippen molar-refractivity contribution < 1.29 is 18.3 Å². The van der Waals surface area contributed by atoms with Gasteiger partial charge in [0.15, 0.2) is 11.5 Å². The number of rotatable bonds is 6. The molecule has 1 fully saturated rings. The minimum Gasteiger partial charge on any atom is -0.380 e. The number of thioether (sulfide) groups is 1. The van der Waals surface area contributed by atoms with Gasteiger partial charge in [0, 0.05) is 49.4 Å². The van der Waals surface area contributed by atoms with E-state index in [-0.39, 0.29) is 28.7 Å². The Kier molecular flexibility index (Phi) is 6.66. The first-order valence-corrected chi connectivity index (χ1v) is 11.4. The van der Waals surface area contributed by atoms with Crippen LogP contribution in [-0.4, -0.2) is 69.3 Å². The predicted octanol–water partition coefficient (Wildman–Crippen LogP) is 3.02. The molecular weight excluding hydrogens is 438 g/mol. The quantitative estimate of drug-likeness (QED) is 0.434. The highest BCUT2D eigenvalue weighted by atomic mass is 32.2. The SMILES string of the molecule is CSCNc1cc(C(=O)N2CCCOCC2)ncc1C(=N)c1cnc2c(F)cc(F)cn12. The van der Waals surface area contributed by atoms with Crippen LogP contribution in [0.3, 0.4) is 0 Å². The van der Waals surface area contributed by atoms with Crippen LogP contribution >= 0.6 is 11.8 Å². The Morgan fingerprint density at radius 1 is 1.25 bits per heavy atom. The molecule has 0 bridgehead atoms. The van der Waals surface area contributed by atoms with Crippen LogP contribution in [0.4, 0.5) is 14.5 Å². The first kappa shape index (κ1) is 22.2. The third-order valence-electron chi connectivity index (χ3n) is 5.09. The molecule has 8 nitrogen and oxygen atoms in total. The van der Waals surface area contributed by atoms with Crippen molar-refractivity contribution in [3.05, 3.63) is 59.3 Å². The largest absolute Gasteiger partial charge is 0.380 e. The van der Waals surface area contributed by atoms with Gasteiger partial charge in [0.25, 0.3) is 5.91 Å². The standard InChI is InChI=1S/C21H22F2N6O2S/c1-32-12-27-16-8-17(21(30)28-3-2-5-31-6-4-28)25-9-14(16)19(24)18-10-26-20-15(23)7-13(22)11-29(18)20/h7-11,24H,2-6,12H2,1H3,(H,25,27). The van der Waals surface area contributed by atoms with Crippen molar-refractivity contribution in [2.45, 2.75) is 6.42 Å². The number of ether oxygens (including phenoxy) is 1. The number of imidazole rings is 1. The summed E-state index contributed by atoms with van der Waals surface area (Å²) >= 11 is 1.54. The van der Waals surface area contributed by atoms with Crippen molar-refractivity contribution in [3.8, 4) is 0 Å². The van der Waals surface area contributed by atoms with Gasteiger partial charge in [0.1, 0.15) is 11.5 Å². The van der Waals surface area contributed by atoms with Crippen molar-refractivity contribution in [2.75, 3.05) is 43.8 Å². The summed E-state index contributed by atoms with van der Waals surface area (Å²) in [6.45, 7) is 2.18. The topological polar surface area (TPSA) is 95.6 Å². The van der Waals surface area contributed by atoms with Crippen molar-refractivity contribution >= 4 is 34.7 Å². The van der Waals surface area contributed by atoms with Gasteiger partial charge in [-0.2, -0.15) is 0 Å². The molecule has 0 aromatic carbocycles. The summed E-state index contributed by atoms with van der Waals surface area (Å²) in [6, 6.07) is 2.36. The van der Waals surface area contributed by atoms with E-state index in [9.17, 15) is 13.6 Å². The predicted molar refractivity (Wildman–Crippen MR) is 119 cm³/mol. The maximum absolute atomic E-state index is 14.0. The van der Waals surface area contributed by atoms with Gasteiger partial charge in [-0.25, -0.2) is 13.8 Å². The summed E-state index contributed by atoms with van der Waals surface area (Å²) in [5.74, 6) is -1.26. The van der Waals surface area contributed by atoms with E-state index in [0.29, 0.717) is 43.4 Å². The second-order valence-corrected chi connectivity index (χ2v) is 8.07. The van der Waals surface area contributed by atoms with Crippen LogP contribution in [0.25, 0.3) is 5.65 Å². The monoisotopic (exact) mass is 460 g/mol. The Balaban J connectivity index is 1.70. The fourth-order valence-corrected chi connectivity index (χ4v) is 3.82. The highest BCUT2D eigenvalue weighted by Gasteiger charge is 2.22. The van der Waals surface area contributed by atoms with Gasteiger partial charge in [-0.1, -0.05) is 0 Å². The third-order valence-corrected chi connectivity index (χ3v) is 5.53. The van der Waals surface area contributed by atoms with Crippen LogP contribution in [0.2, 0.25) is 0 Å². The molecule has 1 amide bonds. The Morgan fingerprint density at radius 2 is 2.09 bits per heavy atom. The fourth-order valence-electron chi connectivity index (χ4n) is 3.52. The first-order chi connectivity index (χ1) is 15.5. The number of carbonyl (C=O) groups is 1. The highest BCUT2D eigenvalue weighted by Crippen LogP contribution is 2.23. The zero-order chi connectivity index (χ0) is 22.7. The molecule has 0 spiro atoms. The van der Waals surface area contributed by atoms with Gasteiger partial charge in [-0.15, -0.1) is 11.8 Å². The van der Waals surface area contributed by atoms with E-state index in [0.717, 1.165) is 18.7 Å². The normalized spacial score (nSPS) is 14.4. The second-order valence-electron chi connectivity index (χ2n) is 7.20. The Hall–Kier alpha value is -3.05. The number of anilines is 1.